The molecule has 1 N–H and O–H groups in total. The number of hydrogen-bond donors (Lipinski definition) is 1. The number of phenols is 1. The van der Waals surface area contributed by atoms with Crippen molar-refractivity contribution in [2.75, 3.05) is 7.11 Å². The smallest absolute Gasteiger partial charge is 0.141 e. The van der Waals surface area contributed by atoms with E-state index in [-0.39, 0.29) is 5.75 Å². The lowest BCUT2D eigenvalue weighted by molar-refractivity contribution is 0.415. The van der Waals surface area contributed by atoms with Gasteiger partial charge in [-0.3, -0.25) is 4.99 Å². The van der Waals surface area contributed by atoms with Gasteiger partial charge < -0.3 is 9.84 Å². The monoisotopic (exact) mass is 278 g/mol. The average Bonchev–Trinajstić information content (AvgIpc) is 2.54. The first-order valence-electron chi connectivity index (χ1n) is 6.53. The molecule has 1 heterocycles. The lowest BCUT2D eigenvalue weighted by Crippen LogP contribution is -1.88. The minimum Gasteiger partial charge on any atom is -0.506 e. The maximum absolute atomic E-state index is 9.82. The van der Waals surface area contributed by atoms with Crippen LogP contribution in [0.5, 0.6) is 11.5 Å². The Morgan fingerprint density at radius 2 is 1.86 bits per heavy atom. The number of aliphatic imine (C=N–C) groups is 1. The van der Waals surface area contributed by atoms with Crippen molar-refractivity contribution in [3.05, 3.63) is 60.3 Å². The summed E-state index contributed by atoms with van der Waals surface area (Å²) < 4.78 is 5.10. The van der Waals surface area contributed by atoms with E-state index in [9.17, 15) is 5.11 Å². The molecular formula is C17H14N2O2. The normalized spacial score (nSPS) is 11.1. The fraction of sp³-hybridized carbons (Fsp3) is 0.0588. The second kappa shape index (κ2) is 5.63. The van der Waals surface area contributed by atoms with Crippen LogP contribution in [0.3, 0.4) is 0 Å². The van der Waals surface area contributed by atoms with Gasteiger partial charge >= 0.3 is 0 Å². The van der Waals surface area contributed by atoms with Crippen LogP contribution in [-0.4, -0.2) is 23.4 Å². The minimum absolute atomic E-state index is 0.173. The van der Waals surface area contributed by atoms with Gasteiger partial charge in [-0.15, -0.1) is 0 Å². The van der Waals surface area contributed by atoms with Crippen LogP contribution in [0.25, 0.3) is 10.9 Å². The van der Waals surface area contributed by atoms with Crippen molar-refractivity contribution in [1.29, 1.82) is 0 Å². The molecule has 0 unspecified atom stereocenters. The largest absolute Gasteiger partial charge is 0.506 e. The maximum atomic E-state index is 9.82. The summed E-state index contributed by atoms with van der Waals surface area (Å²) >= 11 is 0. The van der Waals surface area contributed by atoms with E-state index in [1.807, 2.05) is 42.5 Å². The number of para-hydroxylation sites is 1. The number of ether oxygens (including phenoxy) is 1. The number of fused-ring (bicyclic) bond motifs is 1. The Morgan fingerprint density at radius 3 is 2.62 bits per heavy atom. The molecule has 0 atom stereocenters. The Balaban J connectivity index is 1.89. The molecule has 0 bridgehead atoms. The molecule has 3 aromatic rings. The van der Waals surface area contributed by atoms with Crippen LogP contribution >= 0.6 is 0 Å². The van der Waals surface area contributed by atoms with Gasteiger partial charge in [0.2, 0.25) is 0 Å². The van der Waals surface area contributed by atoms with Crippen LogP contribution in [0, 0.1) is 0 Å². The highest BCUT2D eigenvalue weighted by Gasteiger charge is 2.01. The van der Waals surface area contributed by atoms with Crippen molar-refractivity contribution in [3.63, 3.8) is 0 Å². The van der Waals surface area contributed by atoms with Crippen LogP contribution in [0.2, 0.25) is 0 Å². The molecule has 0 fully saturated rings. The number of benzene rings is 2. The highest BCUT2D eigenvalue weighted by molar-refractivity contribution is 5.89. The molecule has 0 spiro atoms. The number of aromatic nitrogens is 1. The van der Waals surface area contributed by atoms with Gasteiger partial charge in [-0.2, -0.15) is 0 Å². The molecule has 3 rings (SSSR count). The van der Waals surface area contributed by atoms with Crippen molar-refractivity contribution in [2.24, 2.45) is 4.99 Å². The van der Waals surface area contributed by atoms with E-state index in [0.29, 0.717) is 11.2 Å². The van der Waals surface area contributed by atoms with Gasteiger partial charge in [0.25, 0.3) is 0 Å². The van der Waals surface area contributed by atoms with Crippen LogP contribution in [0.1, 0.15) is 5.69 Å². The lowest BCUT2D eigenvalue weighted by Gasteiger charge is -2.01. The lowest BCUT2D eigenvalue weighted by atomic mass is 10.2. The number of nitrogens with zero attached hydrogens (tertiary/aromatic N) is 2. The van der Waals surface area contributed by atoms with Crippen molar-refractivity contribution < 1.29 is 9.84 Å². The van der Waals surface area contributed by atoms with Crippen molar-refractivity contribution in [3.8, 4) is 11.5 Å². The van der Waals surface area contributed by atoms with E-state index in [1.54, 1.807) is 25.5 Å². The maximum Gasteiger partial charge on any atom is 0.141 e. The van der Waals surface area contributed by atoms with Crippen molar-refractivity contribution in [1.82, 2.24) is 4.98 Å². The van der Waals surface area contributed by atoms with E-state index in [1.165, 1.54) is 0 Å². The molecule has 104 valence electrons. The fourth-order valence-electron chi connectivity index (χ4n) is 2.03. The summed E-state index contributed by atoms with van der Waals surface area (Å²) in [5.74, 6) is 0.967. The molecule has 2 aromatic carbocycles. The standard InChI is InChI=1S/C17H14N2O2/c1-21-15-9-7-13(8-10-15)18-11-14-6-5-12-3-2-4-16(20)17(12)19-14/h2-11,20H,1H3. The summed E-state index contributed by atoms with van der Waals surface area (Å²) in [5, 5.41) is 10.7. The van der Waals surface area contributed by atoms with E-state index < -0.39 is 0 Å². The fourth-order valence-corrected chi connectivity index (χ4v) is 2.03. The second-order valence-corrected chi connectivity index (χ2v) is 4.54. The van der Waals surface area contributed by atoms with Gasteiger partial charge in [0, 0.05) is 5.39 Å². The van der Waals surface area contributed by atoms with Crippen LogP contribution < -0.4 is 4.74 Å². The second-order valence-electron chi connectivity index (χ2n) is 4.54. The summed E-state index contributed by atoms with van der Waals surface area (Å²) in [5.41, 5.74) is 2.09. The predicted molar refractivity (Wildman–Crippen MR) is 83.7 cm³/mol. The first kappa shape index (κ1) is 13.1. The Hall–Kier alpha value is -2.88. The zero-order valence-corrected chi connectivity index (χ0v) is 11.5. The predicted octanol–water partition coefficient (Wildman–Crippen LogP) is 3.70. The summed E-state index contributed by atoms with van der Waals surface area (Å²) in [6.45, 7) is 0. The van der Waals surface area contributed by atoms with Crippen molar-refractivity contribution >= 4 is 22.8 Å². The first-order valence-corrected chi connectivity index (χ1v) is 6.53. The van der Waals surface area contributed by atoms with Crippen molar-refractivity contribution in [2.45, 2.75) is 0 Å². The number of methoxy groups -OCH3 is 1. The van der Waals surface area contributed by atoms with Gasteiger partial charge in [-0.1, -0.05) is 18.2 Å². The zero-order valence-electron chi connectivity index (χ0n) is 11.5. The van der Waals surface area contributed by atoms with Gasteiger partial charge in [0.05, 0.1) is 24.7 Å². The molecule has 0 saturated heterocycles. The van der Waals surface area contributed by atoms with Crippen LogP contribution in [0.4, 0.5) is 5.69 Å². The third kappa shape index (κ3) is 2.84. The van der Waals surface area contributed by atoms with Gasteiger partial charge in [0.15, 0.2) is 0 Å². The van der Waals surface area contributed by atoms with Crippen LogP contribution in [0.15, 0.2) is 59.6 Å². The third-order valence-electron chi connectivity index (χ3n) is 3.14. The summed E-state index contributed by atoms with van der Waals surface area (Å²) in [4.78, 5) is 8.76. The van der Waals surface area contributed by atoms with Gasteiger partial charge in [-0.25, -0.2) is 4.98 Å². The quantitative estimate of drug-likeness (QED) is 0.743. The van der Waals surface area contributed by atoms with E-state index >= 15 is 0 Å². The molecule has 4 nitrogen and oxygen atoms in total. The number of rotatable bonds is 3. The summed E-state index contributed by atoms with van der Waals surface area (Å²) in [6.07, 6.45) is 1.67. The Labute approximate surface area is 122 Å². The first-order chi connectivity index (χ1) is 10.3. The average molecular weight is 278 g/mol. The Bertz CT molecular complexity index is 795. The van der Waals surface area contributed by atoms with Gasteiger partial charge in [0.1, 0.15) is 17.0 Å². The molecule has 1 aromatic heterocycles. The molecular weight excluding hydrogens is 264 g/mol. The third-order valence-corrected chi connectivity index (χ3v) is 3.14. The van der Waals surface area contributed by atoms with E-state index in [4.69, 9.17) is 4.74 Å². The molecule has 0 radical (unpaired) electrons. The topological polar surface area (TPSA) is 54.7 Å². The molecule has 0 saturated carbocycles. The van der Waals surface area contributed by atoms with E-state index in [0.717, 1.165) is 16.8 Å². The zero-order chi connectivity index (χ0) is 14.7. The number of phenolic OH excluding ortho intramolecular Hbond substituents is 1. The molecule has 21 heavy (non-hydrogen) atoms. The summed E-state index contributed by atoms with van der Waals surface area (Å²) in [6, 6.07) is 16.6. The number of pyridine rings is 1. The SMILES string of the molecule is COc1ccc(N=Cc2ccc3cccc(O)c3n2)cc1. The molecule has 4 heteroatoms. The minimum atomic E-state index is 0.173. The molecule has 0 aliphatic rings. The highest BCUT2D eigenvalue weighted by atomic mass is 16.5. The number of hydrogen-bond acceptors (Lipinski definition) is 4. The molecule has 0 aliphatic carbocycles. The Kier molecular flexibility index (Phi) is 3.51. The van der Waals surface area contributed by atoms with E-state index in [2.05, 4.69) is 9.98 Å². The molecule has 0 amide bonds. The van der Waals surface area contributed by atoms with Crippen LogP contribution in [-0.2, 0) is 0 Å². The Morgan fingerprint density at radius 1 is 1.05 bits per heavy atom. The summed E-state index contributed by atoms with van der Waals surface area (Å²) in [7, 11) is 1.63. The molecule has 0 aliphatic heterocycles. The highest BCUT2D eigenvalue weighted by Crippen LogP contribution is 2.22. The van der Waals surface area contributed by atoms with Gasteiger partial charge in [-0.05, 0) is 36.4 Å². The number of aromatic hydroxyl groups is 1.